The van der Waals surface area contributed by atoms with Gasteiger partial charge in [-0.15, -0.1) is 0 Å². The average molecular weight is 591 g/mol. The molecule has 0 saturated carbocycles. The molecule has 0 bridgehead atoms. The molecule has 0 radical (unpaired) electrons. The summed E-state index contributed by atoms with van der Waals surface area (Å²) in [7, 11) is 0. The molecule has 0 rings (SSSR count). The molecule has 37 heavy (non-hydrogen) atoms. The summed E-state index contributed by atoms with van der Waals surface area (Å²) in [6, 6.07) is 0. The highest BCUT2D eigenvalue weighted by molar-refractivity contribution is 7.99. The SMILES string of the molecule is O=C(NCCSCC/N=C/OOCCSCCOC(=O)NCCSCC/N=C\OOCCO)OCCO. The molecule has 0 spiro atoms. The zero-order valence-corrected chi connectivity index (χ0v) is 23.2. The van der Waals surface area contributed by atoms with Crippen molar-refractivity contribution in [2.24, 2.45) is 9.98 Å². The number of hydrogen-bond acceptors (Lipinski definition) is 15. The largest absolute Gasteiger partial charge is 0.449 e. The number of aliphatic hydroxyl groups is 2. The van der Waals surface area contributed by atoms with E-state index in [9.17, 15) is 9.59 Å². The number of alkyl carbamates (subject to hydrolysis) is 2. The molecule has 0 aromatic carbocycles. The van der Waals surface area contributed by atoms with E-state index >= 15 is 0 Å². The van der Waals surface area contributed by atoms with Crippen molar-refractivity contribution in [3.8, 4) is 0 Å². The highest BCUT2D eigenvalue weighted by atomic mass is 32.2. The van der Waals surface area contributed by atoms with Crippen molar-refractivity contribution in [1.29, 1.82) is 0 Å². The van der Waals surface area contributed by atoms with Crippen molar-refractivity contribution in [3.63, 3.8) is 0 Å². The minimum atomic E-state index is -0.537. The van der Waals surface area contributed by atoms with Crippen LogP contribution in [-0.4, -0.2) is 136 Å². The molecule has 0 aromatic rings. The number of carbonyl (C=O) groups excluding carboxylic acids is 2. The molecule has 0 aliphatic heterocycles. The fraction of sp³-hybridized carbons (Fsp3) is 0.800. The second-order valence-electron chi connectivity index (χ2n) is 6.27. The summed E-state index contributed by atoms with van der Waals surface area (Å²) < 4.78 is 9.74. The van der Waals surface area contributed by atoms with Crippen molar-refractivity contribution in [2.75, 3.05) is 100 Å². The molecular formula is C20H38N4O10S3. The third-order valence-corrected chi connectivity index (χ3v) is 6.24. The van der Waals surface area contributed by atoms with E-state index in [0.717, 1.165) is 23.0 Å². The zero-order valence-electron chi connectivity index (χ0n) is 20.7. The van der Waals surface area contributed by atoms with E-state index in [1.807, 2.05) is 0 Å². The van der Waals surface area contributed by atoms with E-state index in [2.05, 4.69) is 35.1 Å². The lowest BCUT2D eigenvalue weighted by molar-refractivity contribution is -0.221. The second kappa shape index (κ2) is 30.6. The molecule has 17 heteroatoms. The second-order valence-corrected chi connectivity index (χ2v) is 9.94. The number of nitrogens with zero attached hydrogens (tertiary/aromatic N) is 2. The molecule has 14 nitrogen and oxygen atoms in total. The Kier molecular flexibility index (Phi) is 29.2. The van der Waals surface area contributed by atoms with Gasteiger partial charge in [0, 0.05) is 47.6 Å². The van der Waals surface area contributed by atoms with Crippen molar-refractivity contribution in [3.05, 3.63) is 0 Å². The predicted octanol–water partition coefficient (Wildman–Crippen LogP) is 0.576. The van der Waals surface area contributed by atoms with Crippen LogP contribution in [0.2, 0.25) is 0 Å². The lowest BCUT2D eigenvalue weighted by atomic mass is 10.7. The highest BCUT2D eigenvalue weighted by Gasteiger charge is 2.01. The Balaban J connectivity index is 3.27. The average Bonchev–Trinajstić information content (AvgIpc) is 2.90. The Morgan fingerprint density at radius 2 is 1.14 bits per heavy atom. The molecule has 0 aromatic heterocycles. The lowest BCUT2D eigenvalue weighted by Crippen LogP contribution is -2.27. The molecule has 2 amide bonds. The first kappa shape index (κ1) is 35.4. The van der Waals surface area contributed by atoms with E-state index < -0.39 is 12.2 Å². The van der Waals surface area contributed by atoms with Gasteiger partial charge in [-0.1, -0.05) is 0 Å². The number of rotatable bonds is 26. The van der Waals surface area contributed by atoms with Crippen LogP contribution in [0.1, 0.15) is 0 Å². The van der Waals surface area contributed by atoms with Crippen LogP contribution < -0.4 is 10.6 Å². The Morgan fingerprint density at radius 1 is 0.649 bits per heavy atom. The fourth-order valence-electron chi connectivity index (χ4n) is 1.88. The standard InChI is InChI=1S/C20H38N4O10S3/c25-5-7-29-19(27)23-3-13-35-12-2-22-18-34-32-10-16-37-15-9-30-20(28)24-4-14-36-11-1-21-17-33-31-8-6-26/h17-18,25-26H,1-16H2,(H,23,27)(H,24,28)/b21-17-,22-18+. The zero-order chi connectivity index (χ0) is 27.1. The van der Waals surface area contributed by atoms with Gasteiger partial charge in [0.05, 0.1) is 26.3 Å². The number of aliphatic hydroxyl groups excluding tert-OH is 2. The van der Waals surface area contributed by atoms with Crippen molar-refractivity contribution in [2.45, 2.75) is 0 Å². The number of carbonyl (C=O) groups is 2. The minimum absolute atomic E-state index is 0.0104. The molecule has 216 valence electrons. The topological polar surface area (TPSA) is 179 Å². The van der Waals surface area contributed by atoms with E-state index in [4.69, 9.17) is 24.7 Å². The van der Waals surface area contributed by atoms with Gasteiger partial charge in [-0.2, -0.15) is 45.1 Å². The Morgan fingerprint density at radius 3 is 1.70 bits per heavy atom. The third-order valence-electron chi connectivity index (χ3n) is 3.40. The fourth-order valence-corrected chi connectivity index (χ4v) is 3.84. The van der Waals surface area contributed by atoms with Gasteiger partial charge in [-0.3, -0.25) is 9.98 Å². The summed E-state index contributed by atoms with van der Waals surface area (Å²) >= 11 is 4.82. The van der Waals surface area contributed by atoms with Crippen LogP contribution in [0.15, 0.2) is 9.98 Å². The van der Waals surface area contributed by atoms with Crippen LogP contribution >= 0.6 is 35.3 Å². The van der Waals surface area contributed by atoms with Gasteiger partial charge in [0.2, 0.25) is 12.8 Å². The molecule has 0 aliphatic carbocycles. The van der Waals surface area contributed by atoms with Crippen LogP contribution in [0.25, 0.3) is 0 Å². The maximum atomic E-state index is 11.6. The molecule has 0 fully saturated rings. The molecule has 0 aliphatic rings. The van der Waals surface area contributed by atoms with Gasteiger partial charge < -0.3 is 40.1 Å². The molecule has 0 saturated heterocycles. The van der Waals surface area contributed by atoms with Gasteiger partial charge in [-0.05, 0) is 0 Å². The first-order valence-electron chi connectivity index (χ1n) is 11.5. The summed E-state index contributed by atoms with van der Waals surface area (Å²) in [6.45, 7) is 2.55. The number of amides is 2. The molecule has 0 heterocycles. The smallest absolute Gasteiger partial charge is 0.407 e. The molecule has 0 unspecified atom stereocenters. The van der Waals surface area contributed by atoms with Crippen LogP contribution in [0.5, 0.6) is 0 Å². The minimum Gasteiger partial charge on any atom is -0.449 e. The monoisotopic (exact) mass is 590 g/mol. The number of ether oxygens (including phenoxy) is 2. The van der Waals surface area contributed by atoms with Crippen molar-refractivity contribution >= 4 is 60.3 Å². The highest BCUT2D eigenvalue weighted by Crippen LogP contribution is 2.01. The predicted molar refractivity (Wildman–Crippen MR) is 146 cm³/mol. The van der Waals surface area contributed by atoms with Crippen LogP contribution in [-0.2, 0) is 29.0 Å². The first-order valence-corrected chi connectivity index (χ1v) is 15.0. The Bertz CT molecular complexity index is 595. The molecule has 4 N–H and O–H groups in total. The van der Waals surface area contributed by atoms with Crippen LogP contribution in [0.3, 0.4) is 0 Å². The van der Waals surface area contributed by atoms with Crippen LogP contribution in [0.4, 0.5) is 9.59 Å². The number of aliphatic imine (C=N–C) groups is 2. The molecular weight excluding hydrogens is 552 g/mol. The van der Waals surface area contributed by atoms with Crippen molar-refractivity contribution < 1.29 is 48.8 Å². The number of nitrogens with one attached hydrogen (secondary N) is 2. The summed E-state index contributed by atoms with van der Waals surface area (Å²) in [6.07, 6.45) is 1.46. The normalized spacial score (nSPS) is 11.1. The van der Waals surface area contributed by atoms with Gasteiger partial charge in [0.1, 0.15) is 26.4 Å². The van der Waals surface area contributed by atoms with Gasteiger partial charge in [0.25, 0.3) is 0 Å². The van der Waals surface area contributed by atoms with Crippen molar-refractivity contribution in [1.82, 2.24) is 10.6 Å². The molecule has 0 atom stereocenters. The van der Waals surface area contributed by atoms with Gasteiger partial charge in [0.15, 0.2) is 0 Å². The van der Waals surface area contributed by atoms with E-state index in [0.29, 0.717) is 50.9 Å². The van der Waals surface area contributed by atoms with Crippen LogP contribution in [0, 0.1) is 0 Å². The number of hydrogen-bond donors (Lipinski definition) is 4. The van der Waals surface area contributed by atoms with E-state index in [1.165, 1.54) is 12.8 Å². The summed E-state index contributed by atoms with van der Waals surface area (Å²) in [4.78, 5) is 49.7. The Hall–Kier alpha value is -1.63. The quantitative estimate of drug-likeness (QED) is 0.0362. The summed E-state index contributed by atoms with van der Waals surface area (Å²) in [5.41, 5.74) is 0. The number of thioether (sulfide) groups is 3. The summed E-state index contributed by atoms with van der Waals surface area (Å²) in [5, 5.41) is 22.3. The lowest BCUT2D eigenvalue weighted by Gasteiger charge is -2.06. The third kappa shape index (κ3) is 30.5. The first-order chi connectivity index (χ1) is 18.2. The van der Waals surface area contributed by atoms with E-state index in [-0.39, 0.29) is 26.4 Å². The van der Waals surface area contributed by atoms with Gasteiger partial charge in [-0.25, -0.2) is 9.59 Å². The Labute approximate surface area is 229 Å². The maximum absolute atomic E-state index is 11.6. The summed E-state index contributed by atoms with van der Waals surface area (Å²) in [5.74, 6) is 4.33. The maximum Gasteiger partial charge on any atom is 0.407 e. The van der Waals surface area contributed by atoms with Gasteiger partial charge >= 0.3 is 12.2 Å². The van der Waals surface area contributed by atoms with E-state index in [1.54, 1.807) is 35.3 Å².